The molecule has 2 atom stereocenters. The second-order valence-corrected chi connectivity index (χ2v) is 8.02. The van der Waals surface area contributed by atoms with Gasteiger partial charge in [0, 0.05) is 38.1 Å². The highest BCUT2D eigenvalue weighted by atomic mass is 35.5. The molecule has 0 radical (unpaired) electrons. The Kier molecular flexibility index (Phi) is 8.49. The zero-order valence-corrected chi connectivity index (χ0v) is 19.6. The predicted molar refractivity (Wildman–Crippen MR) is 123 cm³/mol. The van der Waals surface area contributed by atoms with Crippen molar-refractivity contribution >= 4 is 40.6 Å². The Labute approximate surface area is 192 Å². The van der Waals surface area contributed by atoms with Gasteiger partial charge in [-0.05, 0) is 38.5 Å². The quantitative estimate of drug-likeness (QED) is 0.486. The maximum Gasteiger partial charge on any atom is 0.234 e. The van der Waals surface area contributed by atoms with Crippen LogP contribution in [0.1, 0.15) is 32.4 Å². The molecule has 2 aromatic rings. The number of amides is 1. The maximum absolute atomic E-state index is 13.8. The third-order valence-corrected chi connectivity index (χ3v) is 5.99. The summed E-state index contributed by atoms with van der Waals surface area (Å²) in [7, 11) is 0. The van der Waals surface area contributed by atoms with Crippen LogP contribution in [0.4, 0.5) is 5.82 Å². The summed E-state index contributed by atoms with van der Waals surface area (Å²) in [6, 6.07) is 6.87. The van der Waals surface area contributed by atoms with Gasteiger partial charge in [0.15, 0.2) is 5.82 Å². The van der Waals surface area contributed by atoms with Crippen LogP contribution in [0.25, 0.3) is 0 Å². The van der Waals surface area contributed by atoms with Crippen molar-refractivity contribution < 1.29 is 14.3 Å². The lowest BCUT2D eigenvalue weighted by Gasteiger charge is -2.35. The molecule has 0 bridgehead atoms. The fraction of sp³-hybridized carbons (Fsp3) is 0.500. The molecule has 0 N–H and O–H groups in total. The number of aromatic nitrogens is 2. The molecule has 31 heavy (non-hydrogen) atoms. The van der Waals surface area contributed by atoms with Crippen LogP contribution in [-0.4, -0.2) is 65.8 Å². The molecule has 0 aliphatic carbocycles. The zero-order valence-electron chi connectivity index (χ0n) is 18.1. The molecule has 0 saturated heterocycles. The van der Waals surface area contributed by atoms with Crippen LogP contribution < -0.4 is 0 Å². The normalized spacial score (nSPS) is 17.9. The number of hydrogen-bond donors (Lipinski definition) is 0. The molecule has 0 fully saturated rings. The number of hydrogen-bond acceptors (Lipinski definition) is 5. The highest BCUT2D eigenvalue weighted by molar-refractivity contribution is 6.42. The third kappa shape index (κ3) is 5.47. The van der Waals surface area contributed by atoms with Crippen LogP contribution in [0.3, 0.4) is 0 Å². The van der Waals surface area contributed by atoms with Crippen molar-refractivity contribution in [3.05, 3.63) is 46.1 Å². The van der Waals surface area contributed by atoms with E-state index in [4.69, 9.17) is 32.7 Å². The van der Waals surface area contributed by atoms with Gasteiger partial charge < -0.3 is 14.4 Å². The number of carbonyl (C=O) groups is 1. The lowest BCUT2D eigenvalue weighted by Crippen LogP contribution is -2.46. The number of ether oxygens (including phenoxy) is 2. The Balaban J connectivity index is 1.97. The van der Waals surface area contributed by atoms with Gasteiger partial charge in [-0.2, -0.15) is 5.10 Å². The number of aliphatic imine (C=N–C) groups is 1. The molecule has 2 heterocycles. The van der Waals surface area contributed by atoms with E-state index in [9.17, 15) is 4.79 Å². The maximum atomic E-state index is 13.8. The van der Waals surface area contributed by atoms with Crippen LogP contribution in [0.2, 0.25) is 10.0 Å². The van der Waals surface area contributed by atoms with Crippen molar-refractivity contribution in [3.63, 3.8) is 0 Å². The standard InChI is InChI=1S/C22H28Cl2N4O3/c1-4-30-12-10-27(11-13-31-5-2)22(29)20-15(3)26-19-8-9-25-28(19)21(20)16-6-7-17(23)18(24)14-16/h6-9,14,20-21H,4-5,10-13H2,1-3H3. The van der Waals surface area contributed by atoms with Gasteiger partial charge in [-0.3, -0.25) is 4.79 Å². The Bertz CT molecular complexity index is 921. The summed E-state index contributed by atoms with van der Waals surface area (Å²) in [5, 5.41) is 5.35. The second kappa shape index (κ2) is 11.1. The van der Waals surface area contributed by atoms with Crippen molar-refractivity contribution in [3.8, 4) is 0 Å². The molecule has 2 unspecified atom stereocenters. The summed E-state index contributed by atoms with van der Waals surface area (Å²) in [5.74, 6) is 0.124. The average molecular weight is 467 g/mol. The first-order chi connectivity index (χ1) is 15.0. The van der Waals surface area contributed by atoms with E-state index < -0.39 is 5.92 Å². The van der Waals surface area contributed by atoms with E-state index in [1.165, 1.54) is 0 Å². The molecule has 1 aromatic carbocycles. The molecule has 9 heteroatoms. The minimum atomic E-state index is -0.534. The van der Waals surface area contributed by atoms with Gasteiger partial charge in [0.2, 0.25) is 5.91 Å². The van der Waals surface area contributed by atoms with E-state index in [2.05, 4.69) is 10.1 Å². The monoisotopic (exact) mass is 466 g/mol. The lowest BCUT2D eigenvalue weighted by molar-refractivity contribution is -0.136. The summed E-state index contributed by atoms with van der Waals surface area (Å²) >= 11 is 12.4. The van der Waals surface area contributed by atoms with Crippen molar-refractivity contribution in [1.29, 1.82) is 0 Å². The molecular weight excluding hydrogens is 439 g/mol. The third-order valence-electron chi connectivity index (χ3n) is 5.25. The van der Waals surface area contributed by atoms with Crippen LogP contribution in [-0.2, 0) is 14.3 Å². The van der Waals surface area contributed by atoms with Crippen LogP contribution >= 0.6 is 23.2 Å². The number of benzene rings is 1. The van der Waals surface area contributed by atoms with Crippen LogP contribution in [0, 0.1) is 5.92 Å². The number of fused-ring (bicyclic) bond motifs is 1. The van der Waals surface area contributed by atoms with E-state index >= 15 is 0 Å². The van der Waals surface area contributed by atoms with Gasteiger partial charge in [0.05, 0.1) is 35.5 Å². The Morgan fingerprint density at radius 1 is 1.10 bits per heavy atom. The highest BCUT2D eigenvalue weighted by Gasteiger charge is 2.40. The van der Waals surface area contributed by atoms with Gasteiger partial charge >= 0.3 is 0 Å². The zero-order chi connectivity index (χ0) is 22.4. The van der Waals surface area contributed by atoms with Crippen LogP contribution in [0.5, 0.6) is 0 Å². The largest absolute Gasteiger partial charge is 0.380 e. The van der Waals surface area contributed by atoms with Crippen molar-refractivity contribution in [2.24, 2.45) is 10.9 Å². The summed E-state index contributed by atoms with van der Waals surface area (Å²) in [6.07, 6.45) is 1.69. The minimum Gasteiger partial charge on any atom is -0.380 e. The first kappa shape index (κ1) is 23.7. The fourth-order valence-corrected chi connectivity index (χ4v) is 4.05. The van der Waals surface area contributed by atoms with E-state index in [0.717, 1.165) is 11.3 Å². The summed E-state index contributed by atoms with van der Waals surface area (Å²) in [4.78, 5) is 20.2. The highest BCUT2D eigenvalue weighted by Crippen LogP contribution is 2.38. The van der Waals surface area contributed by atoms with Gasteiger partial charge in [-0.1, -0.05) is 29.3 Å². The fourth-order valence-electron chi connectivity index (χ4n) is 3.74. The van der Waals surface area contributed by atoms with Gasteiger partial charge in [0.1, 0.15) is 5.92 Å². The first-order valence-corrected chi connectivity index (χ1v) is 11.2. The Morgan fingerprint density at radius 2 is 1.77 bits per heavy atom. The summed E-state index contributed by atoms with van der Waals surface area (Å²) in [5.41, 5.74) is 1.58. The summed E-state index contributed by atoms with van der Waals surface area (Å²) < 4.78 is 12.8. The van der Waals surface area contributed by atoms with Gasteiger partial charge in [-0.15, -0.1) is 0 Å². The molecule has 7 nitrogen and oxygen atoms in total. The molecular formula is C22H28Cl2N4O3. The number of nitrogens with zero attached hydrogens (tertiary/aromatic N) is 4. The predicted octanol–water partition coefficient (Wildman–Crippen LogP) is 4.40. The van der Waals surface area contributed by atoms with E-state index in [1.807, 2.05) is 32.9 Å². The summed E-state index contributed by atoms with van der Waals surface area (Å²) in [6.45, 7) is 8.82. The topological polar surface area (TPSA) is 69.0 Å². The van der Waals surface area contributed by atoms with Crippen molar-refractivity contribution in [1.82, 2.24) is 14.7 Å². The van der Waals surface area contributed by atoms with E-state index in [0.29, 0.717) is 55.4 Å². The molecule has 0 spiro atoms. The first-order valence-electron chi connectivity index (χ1n) is 10.5. The molecule has 1 amide bonds. The van der Waals surface area contributed by atoms with Crippen molar-refractivity contribution in [2.75, 3.05) is 39.5 Å². The minimum absolute atomic E-state index is 0.0436. The smallest absolute Gasteiger partial charge is 0.234 e. The molecule has 0 saturated carbocycles. The number of carbonyl (C=O) groups excluding carboxylic acids is 1. The van der Waals surface area contributed by atoms with Crippen molar-refractivity contribution in [2.45, 2.75) is 26.8 Å². The average Bonchev–Trinajstić information content (AvgIpc) is 3.21. The van der Waals surface area contributed by atoms with E-state index in [1.54, 1.807) is 27.9 Å². The Morgan fingerprint density at radius 3 is 2.39 bits per heavy atom. The van der Waals surface area contributed by atoms with Gasteiger partial charge in [-0.25, -0.2) is 9.67 Å². The second-order valence-electron chi connectivity index (χ2n) is 7.20. The van der Waals surface area contributed by atoms with Crippen LogP contribution in [0.15, 0.2) is 35.5 Å². The van der Waals surface area contributed by atoms with E-state index in [-0.39, 0.29) is 11.9 Å². The molecule has 1 aromatic heterocycles. The molecule has 3 rings (SSSR count). The number of halogens is 2. The molecule has 168 valence electrons. The number of rotatable bonds is 10. The lowest BCUT2D eigenvalue weighted by atomic mass is 9.87. The SMILES string of the molecule is CCOCCN(CCOCC)C(=O)C1C(C)=Nc2ccnn2C1c1ccc(Cl)c(Cl)c1. The molecule has 1 aliphatic rings. The van der Waals surface area contributed by atoms with Gasteiger partial charge in [0.25, 0.3) is 0 Å². The molecule has 1 aliphatic heterocycles. The Hall–Kier alpha value is -1.93.